The van der Waals surface area contributed by atoms with Crippen molar-refractivity contribution in [3.8, 4) is 0 Å². The van der Waals surface area contributed by atoms with Crippen LogP contribution in [-0.2, 0) is 46.3 Å². The number of aliphatic hydroxyl groups excluding tert-OH is 4. The van der Waals surface area contributed by atoms with Crippen LogP contribution >= 0.6 is 15.6 Å². The number of nitrogen functional groups attached to an aromatic ring is 1. The molecule has 1 aliphatic rings. The van der Waals surface area contributed by atoms with E-state index in [4.69, 9.17) is 29.0 Å². The Labute approximate surface area is 415 Å². The summed E-state index contributed by atoms with van der Waals surface area (Å²) in [7, 11) is -10.9. The minimum Gasteiger partial charge on any atom is -0.462 e. The molecule has 0 bridgehead atoms. The van der Waals surface area contributed by atoms with Crippen LogP contribution in [0.15, 0.2) is 29.2 Å². The number of phosphoric ester groups is 2. The molecule has 2 unspecified atom stereocenters. The van der Waals surface area contributed by atoms with Gasteiger partial charge in [-0.25, -0.2) is 13.9 Å². The molecule has 406 valence electrons. The maximum atomic E-state index is 12.9. The lowest BCUT2D eigenvalue weighted by Gasteiger charge is -2.21. The Morgan fingerprint density at radius 2 is 1.26 bits per heavy atom. The highest BCUT2D eigenvalue weighted by molar-refractivity contribution is 7.61. The summed E-state index contributed by atoms with van der Waals surface area (Å²) in [6, 6.07) is 1.24. The number of ether oxygens (including phenoxy) is 3. The number of aliphatic hydroxyl groups is 4. The highest BCUT2D eigenvalue weighted by atomic mass is 31.3. The molecule has 2 rings (SSSR count). The Bertz CT molecular complexity index is 1760. The highest BCUT2D eigenvalue weighted by Crippen LogP contribution is 2.60. The molecule has 70 heavy (non-hydrogen) atoms. The molecule has 1 aliphatic heterocycles. The van der Waals surface area contributed by atoms with E-state index < -0.39 is 95.9 Å². The Balaban J connectivity index is 1.82. The molecule has 2 heterocycles. The second kappa shape index (κ2) is 37.2. The summed E-state index contributed by atoms with van der Waals surface area (Å²) in [6.07, 6.45) is 21.6. The topological polar surface area (TPSA) is 306 Å². The molecule has 1 saturated heterocycles. The summed E-state index contributed by atoms with van der Waals surface area (Å²) in [5.74, 6) is -1.41. The summed E-state index contributed by atoms with van der Waals surface area (Å²) < 4.78 is 56.7. The second-order valence-corrected chi connectivity index (χ2v) is 21.4. The van der Waals surface area contributed by atoms with E-state index in [-0.39, 0.29) is 18.7 Å². The van der Waals surface area contributed by atoms with Crippen LogP contribution in [-0.4, -0.2) is 108 Å². The molecule has 22 heteroatoms. The first-order valence-electron chi connectivity index (χ1n) is 25.9. The molecule has 0 amide bonds. The maximum absolute atomic E-state index is 12.9. The first-order chi connectivity index (χ1) is 33.5. The quantitative estimate of drug-likeness (QED) is 0.0140. The van der Waals surface area contributed by atoms with Gasteiger partial charge in [0.1, 0.15) is 30.7 Å². The average Bonchev–Trinajstić information content (AvgIpc) is 3.59. The maximum Gasteiger partial charge on any atom is 0.481 e. The summed E-state index contributed by atoms with van der Waals surface area (Å²) in [6.45, 7) is 1.97. The van der Waals surface area contributed by atoms with E-state index in [9.17, 15) is 53.7 Å². The van der Waals surface area contributed by atoms with Crippen molar-refractivity contribution in [2.45, 2.75) is 236 Å². The van der Waals surface area contributed by atoms with Crippen LogP contribution in [0.3, 0.4) is 0 Å². The summed E-state index contributed by atoms with van der Waals surface area (Å²) in [5, 5.41) is 41.5. The smallest absolute Gasteiger partial charge is 0.462 e. The first-order valence-corrected chi connectivity index (χ1v) is 28.9. The van der Waals surface area contributed by atoms with Crippen LogP contribution in [0.25, 0.3) is 0 Å². The van der Waals surface area contributed by atoms with Crippen LogP contribution in [0.4, 0.5) is 5.82 Å². The van der Waals surface area contributed by atoms with Crippen LogP contribution in [0.5, 0.6) is 0 Å². The van der Waals surface area contributed by atoms with Crippen molar-refractivity contribution in [2.24, 2.45) is 0 Å². The number of nitrogens with zero attached hydrogens (tertiary/aromatic N) is 2. The third kappa shape index (κ3) is 29.2. The van der Waals surface area contributed by atoms with E-state index in [2.05, 4.69) is 23.1 Å². The molecule has 9 atom stereocenters. The third-order valence-electron chi connectivity index (χ3n) is 12.1. The lowest BCUT2D eigenvalue weighted by atomic mass is 10.0. The normalized spacial score (nSPS) is 20.2. The lowest BCUT2D eigenvalue weighted by molar-refractivity contribution is -0.161. The minimum absolute atomic E-state index is 0.0451. The number of carbonyl (C=O) groups is 2. The van der Waals surface area contributed by atoms with Gasteiger partial charge in [-0.3, -0.25) is 23.2 Å². The number of allylic oxidation sites excluding steroid dienone is 1. The molecule has 8 N–H and O–H groups in total. The van der Waals surface area contributed by atoms with E-state index in [0.29, 0.717) is 38.5 Å². The SMILES string of the molecule is CCCCC/C=C\C[C@H](O)[C@@H](O)CCCCCCCC(=O)O[C@H](COC(=O)CCCCCCCCCCCCCCCCC)COP(=O)(O)OP(=O)(O)OC[C@H]1O[C@@H](n2ccc(N)nc2=O)[C@H](O)[C@@H]1O. The lowest BCUT2D eigenvalue weighted by Crippen LogP contribution is -2.36. The van der Waals surface area contributed by atoms with Crippen molar-refractivity contribution in [3.63, 3.8) is 0 Å². The third-order valence-corrected chi connectivity index (χ3v) is 14.7. The van der Waals surface area contributed by atoms with Gasteiger partial charge >= 0.3 is 33.3 Å². The largest absolute Gasteiger partial charge is 0.481 e. The predicted molar refractivity (Wildman–Crippen MR) is 264 cm³/mol. The Kier molecular flexibility index (Phi) is 33.8. The highest BCUT2D eigenvalue weighted by Gasteiger charge is 2.46. The summed E-state index contributed by atoms with van der Waals surface area (Å²) >= 11 is 0. The van der Waals surface area contributed by atoms with Gasteiger partial charge in [-0.15, -0.1) is 0 Å². The fourth-order valence-electron chi connectivity index (χ4n) is 7.87. The van der Waals surface area contributed by atoms with Crippen LogP contribution < -0.4 is 11.4 Å². The van der Waals surface area contributed by atoms with Gasteiger partial charge in [-0.2, -0.15) is 9.29 Å². The fourth-order valence-corrected chi connectivity index (χ4v) is 9.98. The predicted octanol–water partition coefficient (Wildman–Crippen LogP) is 8.39. The second-order valence-electron chi connectivity index (χ2n) is 18.3. The van der Waals surface area contributed by atoms with Gasteiger partial charge < -0.3 is 50.2 Å². The van der Waals surface area contributed by atoms with Crippen LogP contribution in [0.1, 0.15) is 200 Å². The van der Waals surface area contributed by atoms with Crippen molar-refractivity contribution >= 4 is 33.4 Å². The van der Waals surface area contributed by atoms with Crippen molar-refractivity contribution in [1.29, 1.82) is 0 Å². The molecule has 20 nitrogen and oxygen atoms in total. The molecule has 0 radical (unpaired) electrons. The van der Waals surface area contributed by atoms with Gasteiger partial charge in [0.05, 0.1) is 25.4 Å². The molecule has 1 fully saturated rings. The molecule has 1 aromatic rings. The zero-order valence-electron chi connectivity index (χ0n) is 41.8. The number of phosphoric acid groups is 2. The summed E-state index contributed by atoms with van der Waals surface area (Å²) in [5.41, 5.74) is 4.57. The average molecular weight is 1040 g/mol. The van der Waals surface area contributed by atoms with Crippen molar-refractivity contribution in [1.82, 2.24) is 9.55 Å². The number of rotatable bonds is 43. The van der Waals surface area contributed by atoms with E-state index in [1.54, 1.807) is 0 Å². The monoisotopic (exact) mass is 1040 g/mol. The van der Waals surface area contributed by atoms with Gasteiger partial charge in [0.15, 0.2) is 12.3 Å². The zero-order valence-corrected chi connectivity index (χ0v) is 43.6. The molecule has 1 aromatic heterocycles. The van der Waals surface area contributed by atoms with E-state index in [0.717, 1.165) is 75.0 Å². The van der Waals surface area contributed by atoms with Gasteiger partial charge in [0.25, 0.3) is 0 Å². The van der Waals surface area contributed by atoms with Gasteiger partial charge in [0.2, 0.25) is 0 Å². The Hall–Kier alpha value is -2.58. The van der Waals surface area contributed by atoms with Crippen molar-refractivity contribution in [2.75, 3.05) is 25.6 Å². The number of esters is 2. The van der Waals surface area contributed by atoms with E-state index in [1.807, 2.05) is 12.2 Å². The number of carbonyl (C=O) groups excluding carboxylic acids is 2. The molecule has 0 aromatic carbocycles. The Morgan fingerprint density at radius 1 is 0.729 bits per heavy atom. The van der Waals surface area contributed by atoms with Gasteiger partial charge in [0, 0.05) is 19.0 Å². The molecule has 0 spiro atoms. The number of unbranched alkanes of at least 4 members (excludes halogenated alkanes) is 21. The molecular weight excluding hydrogens is 952 g/mol. The number of hydrogen-bond acceptors (Lipinski definition) is 17. The standard InChI is InChI=1S/C48H87N3O17P2/c1-3-5-7-9-11-12-13-14-15-16-17-18-19-23-27-31-43(54)63-35-38(66-44(55)32-28-24-20-22-26-30-40(53)39(52)29-25-21-10-8-6-4-2)36-64-69(59,60)68-70(61,62)65-37-41-45(56)46(57)47(67-41)51-34-33-42(49)50-48(51)58/h21,25,33-34,38-41,45-47,52-53,56-57H,3-20,22-24,26-32,35-37H2,1-2H3,(H,59,60)(H,61,62)(H2,49,50,58)/b25-21-/t38-,39+,40+,41-,45-,46-,47-/m1/s1. The summed E-state index contributed by atoms with van der Waals surface area (Å²) in [4.78, 5) is 61.9. The van der Waals surface area contributed by atoms with Gasteiger partial charge in [-0.1, -0.05) is 154 Å². The zero-order chi connectivity index (χ0) is 51.6. The van der Waals surface area contributed by atoms with Gasteiger partial charge in [-0.05, 0) is 44.6 Å². The number of aromatic nitrogens is 2. The molecule has 0 aliphatic carbocycles. The molecule has 0 saturated carbocycles. The van der Waals surface area contributed by atoms with Crippen LogP contribution in [0.2, 0.25) is 0 Å². The van der Waals surface area contributed by atoms with Crippen LogP contribution in [0, 0.1) is 0 Å². The fraction of sp³-hybridized carbons (Fsp3) is 0.833. The van der Waals surface area contributed by atoms with E-state index in [1.165, 1.54) is 70.3 Å². The minimum atomic E-state index is -5.45. The van der Waals surface area contributed by atoms with Crippen molar-refractivity contribution < 1.29 is 76.5 Å². The number of anilines is 1. The Morgan fingerprint density at radius 3 is 1.84 bits per heavy atom. The first kappa shape index (κ1) is 63.5. The van der Waals surface area contributed by atoms with E-state index >= 15 is 0 Å². The molecular formula is C48H87N3O17P2. The number of hydrogen-bond donors (Lipinski definition) is 7. The van der Waals surface area contributed by atoms with Crippen molar-refractivity contribution in [3.05, 3.63) is 34.9 Å². The number of nitrogens with two attached hydrogens (primary N) is 1.